The van der Waals surface area contributed by atoms with Crippen LogP contribution in [0.3, 0.4) is 0 Å². The molecule has 3 aromatic rings. The molecule has 160 valence electrons. The van der Waals surface area contributed by atoms with E-state index in [0.717, 1.165) is 13.1 Å². The summed E-state index contributed by atoms with van der Waals surface area (Å²) >= 11 is 0. The number of ether oxygens (including phenoxy) is 1. The summed E-state index contributed by atoms with van der Waals surface area (Å²) in [5.74, 6) is -3.31. The zero-order valence-electron chi connectivity index (χ0n) is 16.6. The van der Waals surface area contributed by atoms with Gasteiger partial charge in [0.1, 0.15) is 17.7 Å². The Bertz CT molecular complexity index is 955. The third-order valence-electron chi connectivity index (χ3n) is 4.75. The molecule has 0 atom stereocenters. The number of hydrogen-bond acceptors (Lipinski definition) is 4. The van der Waals surface area contributed by atoms with Crippen molar-refractivity contribution in [2.75, 3.05) is 13.1 Å². The van der Waals surface area contributed by atoms with Crippen molar-refractivity contribution in [1.29, 1.82) is 0 Å². The van der Waals surface area contributed by atoms with E-state index in [-0.39, 0.29) is 18.0 Å². The van der Waals surface area contributed by atoms with Crippen LogP contribution in [0, 0.1) is 5.82 Å². The van der Waals surface area contributed by atoms with Crippen LogP contribution in [0.2, 0.25) is 0 Å². The predicted octanol–water partition coefficient (Wildman–Crippen LogP) is 3.83. The Morgan fingerprint density at radius 3 is 1.81 bits per heavy atom. The fourth-order valence-electron chi connectivity index (χ4n) is 3.37. The largest absolute Gasteiger partial charge is 0.488 e. The highest BCUT2D eigenvalue weighted by molar-refractivity contribution is 6.27. The standard InChI is InChI=1S/C22H20FNO.C2H2O4/c23-19-12-7-13-20(14-19)25-21-15-24(16-21)22(17-8-3-1-4-9-17)18-10-5-2-6-11-18;3-1(4)2(5)6/h1-14,21-22H,15-16H2;(H,3,4)(H,5,6). The molecule has 0 bridgehead atoms. The summed E-state index contributed by atoms with van der Waals surface area (Å²) in [4.78, 5) is 20.6. The molecular formula is C24H22FNO5. The predicted molar refractivity (Wildman–Crippen MR) is 112 cm³/mol. The average Bonchev–Trinajstić information content (AvgIpc) is 2.74. The number of benzene rings is 3. The van der Waals surface area contributed by atoms with Gasteiger partial charge in [-0.15, -0.1) is 0 Å². The fraction of sp³-hybridized carbons (Fsp3) is 0.167. The van der Waals surface area contributed by atoms with Crippen molar-refractivity contribution >= 4 is 11.9 Å². The van der Waals surface area contributed by atoms with Gasteiger partial charge in [0.05, 0.1) is 6.04 Å². The van der Waals surface area contributed by atoms with E-state index >= 15 is 0 Å². The van der Waals surface area contributed by atoms with Crippen molar-refractivity contribution in [3.63, 3.8) is 0 Å². The Labute approximate surface area is 179 Å². The van der Waals surface area contributed by atoms with Crippen LogP contribution in [-0.2, 0) is 9.59 Å². The molecule has 7 heteroatoms. The van der Waals surface area contributed by atoms with Gasteiger partial charge in [-0.05, 0) is 23.3 Å². The van der Waals surface area contributed by atoms with E-state index in [4.69, 9.17) is 24.5 Å². The Morgan fingerprint density at radius 1 is 0.839 bits per heavy atom. The van der Waals surface area contributed by atoms with Gasteiger partial charge in [-0.25, -0.2) is 14.0 Å². The highest BCUT2D eigenvalue weighted by atomic mass is 19.1. The van der Waals surface area contributed by atoms with Crippen LogP contribution in [-0.4, -0.2) is 46.2 Å². The van der Waals surface area contributed by atoms with E-state index < -0.39 is 11.9 Å². The molecule has 0 unspecified atom stereocenters. The number of rotatable bonds is 5. The quantitative estimate of drug-likeness (QED) is 0.607. The first-order valence-electron chi connectivity index (χ1n) is 9.66. The second-order valence-electron chi connectivity index (χ2n) is 6.99. The summed E-state index contributed by atoms with van der Waals surface area (Å²) in [5.41, 5.74) is 2.55. The minimum atomic E-state index is -1.82. The molecule has 1 aliphatic rings. The third kappa shape index (κ3) is 6.13. The molecule has 0 radical (unpaired) electrons. The van der Waals surface area contributed by atoms with Crippen LogP contribution in [0.1, 0.15) is 17.2 Å². The SMILES string of the molecule is Fc1cccc(OC2CN(C(c3ccccc3)c3ccccc3)C2)c1.O=C(O)C(=O)O. The van der Waals surface area contributed by atoms with Gasteiger partial charge in [-0.1, -0.05) is 66.7 Å². The maximum Gasteiger partial charge on any atom is 0.414 e. The molecule has 0 spiro atoms. The Kier molecular flexibility index (Phi) is 7.35. The molecular weight excluding hydrogens is 401 g/mol. The molecule has 0 saturated carbocycles. The van der Waals surface area contributed by atoms with Gasteiger partial charge in [0.2, 0.25) is 0 Å². The Morgan fingerprint density at radius 2 is 1.35 bits per heavy atom. The summed E-state index contributed by atoms with van der Waals surface area (Å²) in [7, 11) is 0. The normalized spacial score (nSPS) is 13.6. The smallest absolute Gasteiger partial charge is 0.414 e. The summed E-state index contributed by atoms with van der Waals surface area (Å²) in [6.45, 7) is 1.65. The van der Waals surface area contributed by atoms with Crippen molar-refractivity contribution in [2.24, 2.45) is 0 Å². The van der Waals surface area contributed by atoms with E-state index in [0.29, 0.717) is 5.75 Å². The molecule has 31 heavy (non-hydrogen) atoms. The zero-order chi connectivity index (χ0) is 22.2. The summed E-state index contributed by atoms with van der Waals surface area (Å²) in [6, 6.07) is 27.6. The average molecular weight is 423 g/mol. The monoisotopic (exact) mass is 423 g/mol. The minimum absolute atomic E-state index is 0.0942. The minimum Gasteiger partial charge on any atom is -0.488 e. The summed E-state index contributed by atoms with van der Waals surface area (Å²) < 4.78 is 19.2. The van der Waals surface area contributed by atoms with Crippen LogP contribution < -0.4 is 4.74 Å². The maximum absolute atomic E-state index is 13.3. The summed E-state index contributed by atoms with van der Waals surface area (Å²) in [5, 5.41) is 14.8. The van der Waals surface area contributed by atoms with Gasteiger partial charge in [0, 0.05) is 19.2 Å². The van der Waals surface area contributed by atoms with E-state index in [1.165, 1.54) is 23.3 Å². The number of nitrogens with zero attached hydrogens (tertiary/aromatic N) is 1. The van der Waals surface area contributed by atoms with Gasteiger partial charge < -0.3 is 14.9 Å². The molecule has 1 fully saturated rings. The summed E-state index contributed by atoms with van der Waals surface area (Å²) in [6.07, 6.45) is 0.0942. The van der Waals surface area contributed by atoms with E-state index in [1.807, 2.05) is 12.1 Å². The first-order valence-corrected chi connectivity index (χ1v) is 9.66. The number of carbonyl (C=O) groups is 2. The third-order valence-corrected chi connectivity index (χ3v) is 4.75. The zero-order valence-corrected chi connectivity index (χ0v) is 16.6. The van der Waals surface area contributed by atoms with Crippen molar-refractivity contribution in [3.05, 3.63) is 102 Å². The van der Waals surface area contributed by atoms with Crippen molar-refractivity contribution in [3.8, 4) is 5.75 Å². The topological polar surface area (TPSA) is 87.1 Å². The number of carboxylic acid groups (broad SMARTS) is 2. The number of aliphatic carboxylic acids is 2. The van der Waals surface area contributed by atoms with Gasteiger partial charge >= 0.3 is 11.9 Å². The van der Waals surface area contributed by atoms with E-state index in [9.17, 15) is 4.39 Å². The van der Waals surface area contributed by atoms with E-state index in [1.54, 1.807) is 12.1 Å². The lowest BCUT2D eigenvalue weighted by atomic mass is 9.94. The lowest BCUT2D eigenvalue weighted by Gasteiger charge is -2.44. The molecule has 1 saturated heterocycles. The Hall–Kier alpha value is -3.71. The lowest BCUT2D eigenvalue weighted by Crippen LogP contribution is -2.55. The molecule has 0 amide bonds. The number of carboxylic acids is 2. The molecule has 1 heterocycles. The van der Waals surface area contributed by atoms with Crippen LogP contribution in [0.25, 0.3) is 0 Å². The number of likely N-dealkylation sites (tertiary alicyclic amines) is 1. The van der Waals surface area contributed by atoms with Gasteiger partial charge in [-0.3, -0.25) is 4.90 Å². The molecule has 6 nitrogen and oxygen atoms in total. The molecule has 2 N–H and O–H groups in total. The molecule has 0 aliphatic carbocycles. The van der Waals surface area contributed by atoms with Crippen molar-refractivity contribution < 1.29 is 28.9 Å². The highest BCUT2D eigenvalue weighted by Gasteiger charge is 2.35. The Balaban J connectivity index is 0.000000401. The maximum atomic E-state index is 13.3. The second-order valence-corrected chi connectivity index (χ2v) is 6.99. The molecule has 3 aromatic carbocycles. The second kappa shape index (κ2) is 10.4. The highest BCUT2D eigenvalue weighted by Crippen LogP contribution is 2.33. The number of halogens is 1. The molecule has 4 rings (SSSR count). The molecule has 0 aromatic heterocycles. The van der Waals surface area contributed by atoms with E-state index in [2.05, 4.69) is 53.4 Å². The van der Waals surface area contributed by atoms with Crippen molar-refractivity contribution in [2.45, 2.75) is 12.1 Å². The van der Waals surface area contributed by atoms with Crippen LogP contribution in [0.15, 0.2) is 84.9 Å². The molecule has 1 aliphatic heterocycles. The van der Waals surface area contributed by atoms with Crippen molar-refractivity contribution in [1.82, 2.24) is 4.90 Å². The van der Waals surface area contributed by atoms with Gasteiger partial charge in [-0.2, -0.15) is 0 Å². The first kappa shape index (κ1) is 22.0. The fourth-order valence-corrected chi connectivity index (χ4v) is 3.37. The van der Waals surface area contributed by atoms with Crippen LogP contribution >= 0.6 is 0 Å². The lowest BCUT2D eigenvalue weighted by molar-refractivity contribution is -0.159. The van der Waals surface area contributed by atoms with Gasteiger partial charge in [0.25, 0.3) is 0 Å². The first-order chi connectivity index (χ1) is 14.9. The van der Waals surface area contributed by atoms with Crippen LogP contribution in [0.5, 0.6) is 5.75 Å². The van der Waals surface area contributed by atoms with Crippen LogP contribution in [0.4, 0.5) is 4.39 Å². The van der Waals surface area contributed by atoms with Gasteiger partial charge in [0.15, 0.2) is 0 Å². The number of hydrogen-bond donors (Lipinski definition) is 2.